The molecule has 0 saturated heterocycles. The van der Waals surface area contributed by atoms with E-state index in [1.54, 1.807) is 24.3 Å². The number of hydrogen-bond acceptors (Lipinski definition) is 5. The van der Waals surface area contributed by atoms with E-state index in [4.69, 9.17) is 5.73 Å². The van der Waals surface area contributed by atoms with Gasteiger partial charge in [0.05, 0.1) is 5.56 Å². The van der Waals surface area contributed by atoms with Crippen LogP contribution in [0.5, 0.6) is 0 Å². The van der Waals surface area contributed by atoms with Crippen molar-refractivity contribution in [1.29, 1.82) is 0 Å². The molecule has 0 aliphatic heterocycles. The van der Waals surface area contributed by atoms with E-state index in [2.05, 4.69) is 16.0 Å². The molecule has 0 spiro atoms. The van der Waals surface area contributed by atoms with Crippen molar-refractivity contribution >= 4 is 29.4 Å². The van der Waals surface area contributed by atoms with Crippen molar-refractivity contribution in [3.8, 4) is 0 Å². The Labute approximate surface area is 186 Å². The third kappa shape index (κ3) is 7.75. The SMILES string of the molecule is C[C@H](NC(=O)c1ccccc1NCCc1ccccc1)C(=O)N[C@H](CCC(N)=O)C(=O)O. The Hall–Kier alpha value is -3.88. The summed E-state index contributed by atoms with van der Waals surface area (Å²) in [6, 6.07) is 14.6. The van der Waals surface area contributed by atoms with E-state index < -0.39 is 35.8 Å². The third-order valence-corrected chi connectivity index (χ3v) is 4.78. The Balaban J connectivity index is 1.95. The van der Waals surface area contributed by atoms with E-state index in [0.29, 0.717) is 17.8 Å². The molecule has 170 valence electrons. The molecule has 3 amide bonds. The summed E-state index contributed by atoms with van der Waals surface area (Å²) in [6.07, 6.45) is 0.461. The summed E-state index contributed by atoms with van der Waals surface area (Å²) in [5.41, 5.74) is 7.19. The van der Waals surface area contributed by atoms with Crippen molar-refractivity contribution < 1.29 is 24.3 Å². The maximum Gasteiger partial charge on any atom is 0.326 e. The van der Waals surface area contributed by atoms with Crippen LogP contribution in [-0.4, -0.2) is 47.4 Å². The number of carboxylic acids is 1. The summed E-state index contributed by atoms with van der Waals surface area (Å²) in [6.45, 7) is 2.07. The normalized spacial score (nSPS) is 12.3. The zero-order valence-corrected chi connectivity index (χ0v) is 17.8. The van der Waals surface area contributed by atoms with E-state index in [1.807, 2.05) is 30.3 Å². The third-order valence-electron chi connectivity index (χ3n) is 4.78. The lowest BCUT2D eigenvalue weighted by atomic mass is 10.1. The molecule has 0 fully saturated rings. The molecular weight excluding hydrogens is 412 g/mol. The average Bonchev–Trinajstić information content (AvgIpc) is 2.77. The van der Waals surface area contributed by atoms with E-state index >= 15 is 0 Å². The minimum Gasteiger partial charge on any atom is -0.480 e. The molecule has 0 bridgehead atoms. The molecule has 2 aromatic rings. The first kappa shape index (κ1) is 24.4. The van der Waals surface area contributed by atoms with Crippen LogP contribution in [0.2, 0.25) is 0 Å². The van der Waals surface area contributed by atoms with Gasteiger partial charge in [-0.1, -0.05) is 42.5 Å². The first-order valence-corrected chi connectivity index (χ1v) is 10.3. The number of amides is 3. The summed E-state index contributed by atoms with van der Waals surface area (Å²) >= 11 is 0. The van der Waals surface area contributed by atoms with Gasteiger partial charge in [0.1, 0.15) is 12.1 Å². The number of rotatable bonds is 12. The maximum absolute atomic E-state index is 12.7. The number of hydrogen-bond donors (Lipinski definition) is 5. The van der Waals surface area contributed by atoms with Crippen molar-refractivity contribution in [3.63, 3.8) is 0 Å². The Morgan fingerprint density at radius 3 is 2.28 bits per heavy atom. The molecule has 0 saturated carbocycles. The van der Waals surface area contributed by atoms with Crippen LogP contribution in [0.4, 0.5) is 5.69 Å². The minimum absolute atomic E-state index is 0.134. The van der Waals surface area contributed by atoms with Gasteiger partial charge < -0.3 is 26.8 Å². The largest absolute Gasteiger partial charge is 0.480 e. The molecule has 6 N–H and O–H groups in total. The van der Waals surface area contributed by atoms with Gasteiger partial charge in [-0.15, -0.1) is 0 Å². The average molecular weight is 441 g/mol. The van der Waals surface area contributed by atoms with Crippen LogP contribution in [0, 0.1) is 0 Å². The molecule has 0 heterocycles. The number of nitrogens with two attached hydrogens (primary N) is 1. The highest BCUT2D eigenvalue weighted by Gasteiger charge is 2.25. The van der Waals surface area contributed by atoms with Gasteiger partial charge in [-0.25, -0.2) is 4.79 Å². The second-order valence-electron chi connectivity index (χ2n) is 7.31. The number of carboxylic acid groups (broad SMARTS) is 1. The predicted octanol–water partition coefficient (Wildman–Crippen LogP) is 1.29. The van der Waals surface area contributed by atoms with Crippen LogP contribution in [-0.2, 0) is 20.8 Å². The smallest absolute Gasteiger partial charge is 0.326 e. The van der Waals surface area contributed by atoms with E-state index in [-0.39, 0.29) is 12.8 Å². The van der Waals surface area contributed by atoms with Gasteiger partial charge in [-0.2, -0.15) is 0 Å². The van der Waals surface area contributed by atoms with E-state index in [1.165, 1.54) is 6.92 Å². The van der Waals surface area contributed by atoms with Crippen LogP contribution in [0.1, 0.15) is 35.7 Å². The summed E-state index contributed by atoms with van der Waals surface area (Å²) in [4.78, 5) is 47.3. The van der Waals surface area contributed by atoms with Gasteiger partial charge in [-0.3, -0.25) is 14.4 Å². The standard InChI is InChI=1S/C23H28N4O5/c1-15(21(29)27-19(23(31)32)11-12-20(24)28)26-22(30)17-9-5-6-10-18(17)25-14-13-16-7-3-2-4-8-16/h2-10,15,19,25H,11-14H2,1H3,(H2,24,28)(H,26,30)(H,27,29)(H,31,32)/t15-,19+/m0/s1. The first-order valence-electron chi connectivity index (χ1n) is 10.3. The van der Waals surface area contributed by atoms with Crippen molar-refractivity contribution in [2.75, 3.05) is 11.9 Å². The van der Waals surface area contributed by atoms with Gasteiger partial charge in [0, 0.05) is 18.7 Å². The van der Waals surface area contributed by atoms with E-state index in [9.17, 15) is 24.3 Å². The van der Waals surface area contributed by atoms with Gasteiger partial charge in [-0.05, 0) is 37.5 Å². The zero-order chi connectivity index (χ0) is 23.5. The molecule has 2 atom stereocenters. The van der Waals surface area contributed by atoms with Gasteiger partial charge >= 0.3 is 5.97 Å². The fourth-order valence-corrected chi connectivity index (χ4v) is 3.00. The number of carbonyl (C=O) groups is 4. The molecule has 32 heavy (non-hydrogen) atoms. The number of benzene rings is 2. The Morgan fingerprint density at radius 2 is 1.62 bits per heavy atom. The molecule has 0 aromatic heterocycles. The quantitative estimate of drug-likeness (QED) is 0.336. The number of primary amides is 1. The monoisotopic (exact) mass is 440 g/mol. The van der Waals surface area contributed by atoms with Crippen molar-refractivity contribution in [2.45, 2.75) is 38.3 Å². The van der Waals surface area contributed by atoms with Crippen LogP contribution in [0.3, 0.4) is 0 Å². The number of anilines is 1. The van der Waals surface area contributed by atoms with Crippen LogP contribution in [0.25, 0.3) is 0 Å². The van der Waals surface area contributed by atoms with Crippen molar-refractivity contribution in [2.24, 2.45) is 5.73 Å². The van der Waals surface area contributed by atoms with Gasteiger partial charge in [0.2, 0.25) is 11.8 Å². The highest BCUT2D eigenvalue weighted by Crippen LogP contribution is 2.15. The topological polar surface area (TPSA) is 151 Å². The Kier molecular flexibility index (Phi) is 9.22. The van der Waals surface area contributed by atoms with Crippen LogP contribution < -0.4 is 21.7 Å². The van der Waals surface area contributed by atoms with E-state index in [0.717, 1.165) is 12.0 Å². The molecule has 2 aromatic carbocycles. The minimum atomic E-state index is -1.29. The van der Waals surface area contributed by atoms with Crippen molar-refractivity contribution in [3.05, 3.63) is 65.7 Å². The zero-order valence-electron chi connectivity index (χ0n) is 17.8. The summed E-state index contributed by atoms with van der Waals surface area (Å²) in [5, 5.41) is 17.3. The van der Waals surface area contributed by atoms with Crippen LogP contribution >= 0.6 is 0 Å². The fourth-order valence-electron chi connectivity index (χ4n) is 3.00. The maximum atomic E-state index is 12.7. The molecule has 0 radical (unpaired) electrons. The number of nitrogens with one attached hydrogen (secondary N) is 3. The number of para-hydroxylation sites is 1. The fraction of sp³-hybridized carbons (Fsp3) is 0.304. The van der Waals surface area contributed by atoms with Gasteiger partial charge in [0.25, 0.3) is 5.91 Å². The van der Waals surface area contributed by atoms with Gasteiger partial charge in [0.15, 0.2) is 0 Å². The number of aliphatic carboxylic acids is 1. The highest BCUT2D eigenvalue weighted by molar-refractivity contribution is 6.02. The summed E-state index contributed by atoms with van der Waals surface area (Å²) in [5.74, 6) is -3.10. The predicted molar refractivity (Wildman–Crippen MR) is 120 cm³/mol. The Morgan fingerprint density at radius 1 is 0.969 bits per heavy atom. The molecule has 0 aliphatic carbocycles. The first-order chi connectivity index (χ1) is 15.3. The lowest BCUT2D eigenvalue weighted by Gasteiger charge is -2.19. The highest BCUT2D eigenvalue weighted by atomic mass is 16.4. The lowest BCUT2D eigenvalue weighted by Crippen LogP contribution is -2.50. The van der Waals surface area contributed by atoms with Crippen molar-refractivity contribution in [1.82, 2.24) is 10.6 Å². The number of carbonyl (C=O) groups excluding carboxylic acids is 3. The molecule has 9 nitrogen and oxygen atoms in total. The molecule has 0 aliphatic rings. The molecule has 2 rings (SSSR count). The second kappa shape index (κ2) is 12.1. The summed E-state index contributed by atoms with van der Waals surface area (Å²) < 4.78 is 0. The molecule has 9 heteroatoms. The Bertz CT molecular complexity index is 948. The van der Waals surface area contributed by atoms with Crippen LogP contribution in [0.15, 0.2) is 54.6 Å². The second-order valence-corrected chi connectivity index (χ2v) is 7.31. The molecule has 0 unspecified atom stereocenters. The summed E-state index contributed by atoms with van der Waals surface area (Å²) in [7, 11) is 0. The molecular formula is C23H28N4O5. The lowest BCUT2D eigenvalue weighted by molar-refractivity contribution is -0.142.